The molecule has 2 N–H and O–H groups in total. The molecule has 0 spiro atoms. The van der Waals surface area contributed by atoms with Crippen molar-refractivity contribution in [2.24, 2.45) is 0 Å². The van der Waals surface area contributed by atoms with Crippen molar-refractivity contribution < 1.29 is 14.7 Å². The van der Waals surface area contributed by atoms with Crippen molar-refractivity contribution in [1.29, 1.82) is 0 Å². The molecule has 0 unspecified atom stereocenters. The van der Waals surface area contributed by atoms with Crippen LogP contribution in [-0.4, -0.2) is 55.1 Å². The molecule has 0 bridgehead atoms. The molecular weight excluding hydrogens is 130 g/mol. The third kappa shape index (κ3) is 4.73. The molecule has 3 nitrogen and oxygen atoms in total. The van der Waals surface area contributed by atoms with Crippen LogP contribution >= 0.6 is 0 Å². The van der Waals surface area contributed by atoms with Crippen molar-refractivity contribution in [2.75, 3.05) is 40.4 Å². The molecule has 0 radical (unpaired) electrons. The van der Waals surface area contributed by atoms with Crippen molar-refractivity contribution in [3.05, 3.63) is 0 Å². The number of rotatable bonds is 5. The summed E-state index contributed by atoms with van der Waals surface area (Å²) in [6, 6.07) is 0. The topological polar surface area (TPSA) is 40.5 Å². The lowest BCUT2D eigenvalue weighted by molar-refractivity contribution is -0.890. The zero-order valence-corrected chi connectivity index (χ0v) is 6.88. The van der Waals surface area contributed by atoms with Gasteiger partial charge in [0.1, 0.15) is 6.54 Å². The maximum Gasteiger partial charge on any atom is 0.102 e. The summed E-state index contributed by atoms with van der Waals surface area (Å²) >= 11 is 0. The van der Waals surface area contributed by atoms with Gasteiger partial charge in [0, 0.05) is 13.0 Å². The van der Waals surface area contributed by atoms with Gasteiger partial charge in [0.15, 0.2) is 0 Å². The summed E-state index contributed by atoms with van der Waals surface area (Å²) in [6.45, 7) is 2.16. The second-order valence-electron chi connectivity index (χ2n) is 3.18. The zero-order valence-electron chi connectivity index (χ0n) is 6.88. The Kier molecular flexibility index (Phi) is 4.60. The standard InChI is InChI=1S/C7H18NO2/c1-8(2,5-7-10)4-3-6-9/h9-10H,3-7H2,1-2H3/q+1. The van der Waals surface area contributed by atoms with E-state index in [-0.39, 0.29) is 13.2 Å². The van der Waals surface area contributed by atoms with Gasteiger partial charge in [-0.15, -0.1) is 0 Å². The largest absolute Gasteiger partial charge is 0.396 e. The van der Waals surface area contributed by atoms with Crippen LogP contribution in [0.2, 0.25) is 0 Å². The fourth-order valence-electron chi connectivity index (χ4n) is 0.881. The fourth-order valence-corrected chi connectivity index (χ4v) is 0.881. The number of hydrogen-bond acceptors (Lipinski definition) is 2. The summed E-state index contributed by atoms with van der Waals surface area (Å²) in [6.07, 6.45) is 0.812. The summed E-state index contributed by atoms with van der Waals surface area (Å²) < 4.78 is 0.789. The first kappa shape index (κ1) is 9.88. The van der Waals surface area contributed by atoms with Crippen LogP contribution in [0.5, 0.6) is 0 Å². The number of aliphatic hydroxyl groups excluding tert-OH is 2. The fraction of sp³-hybridized carbons (Fsp3) is 1.00. The third-order valence-electron chi connectivity index (χ3n) is 1.63. The quantitative estimate of drug-likeness (QED) is 0.513. The second-order valence-corrected chi connectivity index (χ2v) is 3.18. The summed E-state index contributed by atoms with van der Waals surface area (Å²) in [5.41, 5.74) is 0. The molecule has 0 aromatic heterocycles. The van der Waals surface area contributed by atoms with Crippen LogP contribution in [0, 0.1) is 0 Å². The van der Waals surface area contributed by atoms with E-state index in [1.165, 1.54) is 0 Å². The van der Waals surface area contributed by atoms with Crippen LogP contribution in [0.3, 0.4) is 0 Å². The average Bonchev–Trinajstić information content (AvgIpc) is 1.84. The Morgan fingerprint density at radius 1 is 1.00 bits per heavy atom. The van der Waals surface area contributed by atoms with Gasteiger partial charge >= 0.3 is 0 Å². The van der Waals surface area contributed by atoms with Crippen LogP contribution in [0.25, 0.3) is 0 Å². The van der Waals surface area contributed by atoms with Crippen molar-refractivity contribution in [1.82, 2.24) is 0 Å². The molecule has 3 heteroatoms. The van der Waals surface area contributed by atoms with Crippen molar-refractivity contribution >= 4 is 0 Å². The van der Waals surface area contributed by atoms with Gasteiger partial charge in [-0.2, -0.15) is 0 Å². The van der Waals surface area contributed by atoms with E-state index in [0.29, 0.717) is 0 Å². The molecule has 0 fully saturated rings. The molecular formula is C7H18NO2+. The number of hydrogen-bond donors (Lipinski definition) is 2. The summed E-state index contributed by atoms with van der Waals surface area (Å²) in [5, 5.41) is 17.1. The first-order chi connectivity index (χ1) is 4.62. The molecule has 62 valence electrons. The van der Waals surface area contributed by atoms with Gasteiger partial charge in [-0.3, -0.25) is 0 Å². The highest BCUT2D eigenvalue weighted by Crippen LogP contribution is 1.96. The molecule has 0 rings (SSSR count). The van der Waals surface area contributed by atoms with E-state index in [4.69, 9.17) is 10.2 Å². The monoisotopic (exact) mass is 148 g/mol. The number of quaternary nitrogens is 1. The Morgan fingerprint density at radius 3 is 2.00 bits per heavy atom. The van der Waals surface area contributed by atoms with Gasteiger partial charge in [0.05, 0.1) is 27.2 Å². The Balaban J connectivity index is 3.42. The van der Waals surface area contributed by atoms with Crippen LogP contribution in [0.1, 0.15) is 6.42 Å². The lowest BCUT2D eigenvalue weighted by Gasteiger charge is -2.28. The van der Waals surface area contributed by atoms with Crippen LogP contribution in [0.15, 0.2) is 0 Å². The second kappa shape index (κ2) is 4.66. The van der Waals surface area contributed by atoms with E-state index in [1.807, 2.05) is 14.1 Å². The molecule has 0 saturated heterocycles. The van der Waals surface area contributed by atoms with E-state index in [2.05, 4.69) is 0 Å². The first-order valence-corrected chi connectivity index (χ1v) is 3.66. The number of likely N-dealkylation sites (N-methyl/N-ethyl adjacent to an activating group) is 1. The van der Waals surface area contributed by atoms with E-state index in [9.17, 15) is 0 Å². The molecule has 0 aliphatic rings. The molecule has 0 aromatic carbocycles. The Morgan fingerprint density at radius 2 is 1.60 bits per heavy atom. The molecule has 10 heavy (non-hydrogen) atoms. The van der Waals surface area contributed by atoms with Crippen LogP contribution in [0.4, 0.5) is 0 Å². The maximum absolute atomic E-state index is 8.62. The van der Waals surface area contributed by atoms with Gasteiger partial charge in [-0.1, -0.05) is 0 Å². The highest BCUT2D eigenvalue weighted by atomic mass is 16.3. The van der Waals surface area contributed by atoms with Crippen molar-refractivity contribution in [2.45, 2.75) is 6.42 Å². The van der Waals surface area contributed by atoms with E-state index >= 15 is 0 Å². The molecule has 0 heterocycles. The third-order valence-corrected chi connectivity index (χ3v) is 1.63. The predicted octanol–water partition coefficient (Wildman–Crippen LogP) is -0.562. The van der Waals surface area contributed by atoms with Crippen molar-refractivity contribution in [3.8, 4) is 0 Å². The van der Waals surface area contributed by atoms with Gasteiger partial charge in [-0.05, 0) is 0 Å². The molecule has 0 saturated carbocycles. The minimum absolute atomic E-state index is 0.221. The van der Waals surface area contributed by atoms with Gasteiger partial charge in [-0.25, -0.2) is 0 Å². The maximum atomic E-state index is 8.62. The molecule has 0 aliphatic heterocycles. The molecule has 0 aliphatic carbocycles. The number of nitrogens with zero attached hydrogens (tertiary/aromatic N) is 1. The SMILES string of the molecule is C[N+](C)(CCO)CCCO. The van der Waals surface area contributed by atoms with Crippen LogP contribution in [-0.2, 0) is 0 Å². The van der Waals surface area contributed by atoms with Gasteiger partial charge in [0.25, 0.3) is 0 Å². The van der Waals surface area contributed by atoms with Crippen molar-refractivity contribution in [3.63, 3.8) is 0 Å². The Hall–Kier alpha value is -0.120. The summed E-state index contributed by atoms with van der Waals surface area (Å²) in [4.78, 5) is 0. The highest BCUT2D eigenvalue weighted by molar-refractivity contribution is 4.34. The number of aliphatic hydroxyl groups is 2. The lowest BCUT2D eigenvalue weighted by Crippen LogP contribution is -2.42. The van der Waals surface area contributed by atoms with E-state index < -0.39 is 0 Å². The van der Waals surface area contributed by atoms with E-state index in [0.717, 1.165) is 24.0 Å². The Bertz CT molecular complexity index is 83.7. The molecule has 0 atom stereocenters. The molecule has 0 amide bonds. The zero-order chi connectivity index (χ0) is 8.04. The predicted molar refractivity (Wildman–Crippen MR) is 40.6 cm³/mol. The minimum atomic E-state index is 0.221. The highest BCUT2D eigenvalue weighted by Gasteiger charge is 2.11. The first-order valence-electron chi connectivity index (χ1n) is 3.66. The van der Waals surface area contributed by atoms with E-state index in [1.54, 1.807) is 0 Å². The average molecular weight is 148 g/mol. The minimum Gasteiger partial charge on any atom is -0.396 e. The van der Waals surface area contributed by atoms with Crippen LogP contribution < -0.4 is 0 Å². The van der Waals surface area contributed by atoms with Gasteiger partial charge < -0.3 is 14.7 Å². The summed E-state index contributed by atoms with van der Waals surface area (Å²) in [7, 11) is 4.10. The Labute approximate surface area is 62.5 Å². The lowest BCUT2D eigenvalue weighted by atomic mass is 10.3. The molecule has 0 aromatic rings. The van der Waals surface area contributed by atoms with Gasteiger partial charge in [0.2, 0.25) is 0 Å². The normalized spacial score (nSPS) is 12.0. The smallest absolute Gasteiger partial charge is 0.102 e. The summed E-state index contributed by atoms with van der Waals surface area (Å²) in [5.74, 6) is 0.